The van der Waals surface area contributed by atoms with E-state index in [0.29, 0.717) is 11.3 Å². The van der Waals surface area contributed by atoms with E-state index >= 15 is 0 Å². The minimum Gasteiger partial charge on any atom is -0.477 e. The van der Waals surface area contributed by atoms with Gasteiger partial charge in [0.1, 0.15) is 9.09 Å². The molecule has 0 aromatic carbocycles. The van der Waals surface area contributed by atoms with Gasteiger partial charge in [-0.25, -0.2) is 13.2 Å². The monoisotopic (exact) mass is 306 g/mol. The average molecular weight is 306 g/mol. The molecule has 106 valence electrons. The summed E-state index contributed by atoms with van der Waals surface area (Å²) in [6, 6.07) is 1.95. The van der Waals surface area contributed by atoms with E-state index in [2.05, 4.69) is 0 Å². The van der Waals surface area contributed by atoms with E-state index in [1.165, 1.54) is 12.1 Å². The lowest BCUT2D eigenvalue weighted by molar-refractivity contribution is -0.118. The van der Waals surface area contributed by atoms with Crippen LogP contribution < -0.4 is 5.73 Å². The number of nitrogens with zero attached hydrogens (tertiary/aromatic N) is 1. The van der Waals surface area contributed by atoms with Crippen molar-refractivity contribution in [1.29, 1.82) is 0 Å². The molecule has 1 aromatic heterocycles. The molecule has 19 heavy (non-hydrogen) atoms. The minimum absolute atomic E-state index is 0.0821. The van der Waals surface area contributed by atoms with Gasteiger partial charge in [-0.1, -0.05) is 0 Å². The number of amides is 1. The first kappa shape index (κ1) is 15.6. The van der Waals surface area contributed by atoms with Crippen molar-refractivity contribution in [3.63, 3.8) is 0 Å². The fourth-order valence-electron chi connectivity index (χ4n) is 1.39. The number of carbonyl (C=O) groups excluding carboxylic acids is 1. The molecule has 0 aliphatic carbocycles. The first-order valence-electron chi connectivity index (χ1n) is 5.29. The van der Waals surface area contributed by atoms with Gasteiger partial charge in [0.15, 0.2) is 0 Å². The summed E-state index contributed by atoms with van der Waals surface area (Å²) < 4.78 is 25.4. The summed E-state index contributed by atoms with van der Waals surface area (Å²) in [5.41, 5.74) is 5.02. The Hall–Kier alpha value is -1.45. The number of primary amides is 1. The lowest BCUT2D eigenvalue weighted by Crippen LogP contribution is -2.42. The van der Waals surface area contributed by atoms with Gasteiger partial charge in [-0.3, -0.25) is 4.79 Å². The van der Waals surface area contributed by atoms with Crippen LogP contribution in [0.15, 0.2) is 16.3 Å². The van der Waals surface area contributed by atoms with Gasteiger partial charge in [0.25, 0.3) is 10.0 Å². The predicted molar refractivity (Wildman–Crippen MR) is 69.5 cm³/mol. The molecule has 0 aliphatic heterocycles. The Labute approximate surface area is 114 Å². The van der Waals surface area contributed by atoms with Crippen LogP contribution in [0.1, 0.15) is 23.5 Å². The van der Waals surface area contributed by atoms with E-state index in [-0.39, 0.29) is 9.09 Å². The van der Waals surface area contributed by atoms with Crippen molar-refractivity contribution >= 4 is 33.2 Å². The minimum atomic E-state index is -3.92. The summed E-state index contributed by atoms with van der Waals surface area (Å²) in [6.07, 6.45) is 0. The molecule has 1 aromatic rings. The number of rotatable bonds is 6. The van der Waals surface area contributed by atoms with Crippen molar-refractivity contribution in [2.45, 2.75) is 24.1 Å². The molecule has 3 N–H and O–H groups in total. The number of thiophene rings is 1. The van der Waals surface area contributed by atoms with E-state index in [0.717, 1.165) is 4.31 Å². The molecule has 0 aliphatic rings. The Morgan fingerprint density at radius 3 is 2.37 bits per heavy atom. The molecular weight excluding hydrogens is 292 g/mol. The highest BCUT2D eigenvalue weighted by atomic mass is 32.2. The molecule has 0 atom stereocenters. The molecule has 1 amide bonds. The quantitative estimate of drug-likeness (QED) is 0.785. The number of aromatic carboxylic acids is 1. The predicted octanol–water partition coefficient (Wildman–Crippen LogP) is 0.331. The maximum Gasteiger partial charge on any atom is 0.345 e. The van der Waals surface area contributed by atoms with Crippen molar-refractivity contribution in [1.82, 2.24) is 4.31 Å². The smallest absolute Gasteiger partial charge is 0.345 e. The molecule has 9 heteroatoms. The van der Waals surface area contributed by atoms with Crippen molar-refractivity contribution in [2.75, 3.05) is 6.54 Å². The maximum atomic E-state index is 12.3. The summed E-state index contributed by atoms with van der Waals surface area (Å²) in [5, 5.41) is 8.78. The third-order valence-corrected chi connectivity index (χ3v) is 5.81. The van der Waals surface area contributed by atoms with Gasteiger partial charge >= 0.3 is 5.97 Å². The number of carbonyl (C=O) groups is 2. The molecule has 0 bridgehead atoms. The highest BCUT2D eigenvalue weighted by Gasteiger charge is 2.30. The molecule has 0 saturated heterocycles. The highest BCUT2D eigenvalue weighted by Crippen LogP contribution is 2.26. The molecule has 7 nitrogen and oxygen atoms in total. The second-order valence-corrected chi connectivity index (χ2v) is 7.24. The summed E-state index contributed by atoms with van der Waals surface area (Å²) in [7, 11) is -3.92. The van der Waals surface area contributed by atoms with Crippen molar-refractivity contribution in [2.24, 2.45) is 5.73 Å². The van der Waals surface area contributed by atoms with Crippen molar-refractivity contribution in [3.8, 4) is 0 Å². The van der Waals surface area contributed by atoms with Gasteiger partial charge in [0, 0.05) is 6.04 Å². The second-order valence-electron chi connectivity index (χ2n) is 4.03. The number of carboxylic acid groups (broad SMARTS) is 1. The standard InChI is InChI=1S/C10H14N2O5S2/c1-6(2)12(5-8(11)13)19(16,17)9-4-3-7(18-9)10(14)15/h3-4,6H,5H2,1-2H3,(H2,11,13)(H,14,15). The van der Waals surface area contributed by atoms with Gasteiger partial charge in [-0.05, 0) is 26.0 Å². The lowest BCUT2D eigenvalue weighted by atomic mass is 10.4. The Balaban J connectivity index is 3.18. The maximum absolute atomic E-state index is 12.3. The van der Waals surface area contributed by atoms with Gasteiger partial charge < -0.3 is 10.8 Å². The fourth-order valence-corrected chi connectivity index (χ4v) is 4.27. The number of hydrogen-bond donors (Lipinski definition) is 2. The zero-order chi connectivity index (χ0) is 14.8. The van der Waals surface area contributed by atoms with Gasteiger partial charge in [-0.2, -0.15) is 4.31 Å². The largest absolute Gasteiger partial charge is 0.477 e. The van der Waals surface area contributed by atoms with Crippen molar-refractivity contribution < 1.29 is 23.1 Å². The summed E-state index contributed by atoms with van der Waals surface area (Å²) in [4.78, 5) is 21.6. The van der Waals surface area contributed by atoms with Crippen LogP contribution in [0.4, 0.5) is 0 Å². The average Bonchev–Trinajstić information content (AvgIpc) is 2.74. The van der Waals surface area contributed by atoms with E-state index in [1.807, 2.05) is 0 Å². The van der Waals surface area contributed by atoms with Crippen LogP contribution in [0.25, 0.3) is 0 Å². The van der Waals surface area contributed by atoms with E-state index in [4.69, 9.17) is 10.8 Å². The Morgan fingerprint density at radius 1 is 1.42 bits per heavy atom. The van der Waals surface area contributed by atoms with Crippen LogP contribution in [-0.2, 0) is 14.8 Å². The van der Waals surface area contributed by atoms with Crippen LogP contribution in [0.3, 0.4) is 0 Å². The molecule has 1 rings (SSSR count). The van der Waals surface area contributed by atoms with E-state index in [1.54, 1.807) is 13.8 Å². The third-order valence-electron chi connectivity index (χ3n) is 2.24. The van der Waals surface area contributed by atoms with Gasteiger partial charge in [0.2, 0.25) is 5.91 Å². The molecule has 0 unspecified atom stereocenters. The lowest BCUT2D eigenvalue weighted by Gasteiger charge is -2.23. The third kappa shape index (κ3) is 3.52. The zero-order valence-corrected chi connectivity index (χ0v) is 12.0. The first-order valence-corrected chi connectivity index (χ1v) is 7.55. The number of sulfonamides is 1. The summed E-state index contributed by atoms with van der Waals surface area (Å²) >= 11 is 0.639. The molecule has 0 saturated carbocycles. The highest BCUT2D eigenvalue weighted by molar-refractivity contribution is 7.91. The molecule has 0 spiro atoms. The summed E-state index contributed by atoms with van der Waals surface area (Å²) in [6.45, 7) is 2.76. The van der Waals surface area contributed by atoms with Crippen LogP contribution in [0.5, 0.6) is 0 Å². The normalized spacial score (nSPS) is 12.0. The van der Waals surface area contributed by atoms with Crippen molar-refractivity contribution in [3.05, 3.63) is 17.0 Å². The van der Waals surface area contributed by atoms with Crippen LogP contribution in [0, 0.1) is 0 Å². The molecule has 1 heterocycles. The van der Waals surface area contributed by atoms with Gasteiger partial charge in [-0.15, -0.1) is 11.3 Å². The van der Waals surface area contributed by atoms with Gasteiger partial charge in [0.05, 0.1) is 6.54 Å². The van der Waals surface area contributed by atoms with Crippen LogP contribution in [0.2, 0.25) is 0 Å². The first-order chi connectivity index (χ1) is 8.66. The Morgan fingerprint density at radius 2 is 2.00 bits per heavy atom. The Bertz CT molecular complexity index is 591. The van der Waals surface area contributed by atoms with Crippen LogP contribution in [-0.4, -0.2) is 42.3 Å². The van der Waals surface area contributed by atoms with E-state index in [9.17, 15) is 18.0 Å². The number of hydrogen-bond acceptors (Lipinski definition) is 5. The van der Waals surface area contributed by atoms with E-state index < -0.39 is 34.5 Å². The number of carboxylic acids is 1. The molecule has 0 fully saturated rings. The second kappa shape index (κ2) is 5.68. The summed E-state index contributed by atoms with van der Waals surface area (Å²) in [5.74, 6) is -1.97. The Kier molecular flexibility index (Phi) is 4.66. The molecular formula is C10H14N2O5S2. The molecule has 0 radical (unpaired) electrons. The topological polar surface area (TPSA) is 118 Å². The fraction of sp³-hybridized carbons (Fsp3) is 0.400. The number of nitrogens with two attached hydrogens (primary N) is 1. The zero-order valence-electron chi connectivity index (χ0n) is 10.4. The van der Waals surface area contributed by atoms with Crippen LogP contribution >= 0.6 is 11.3 Å². The SMILES string of the molecule is CC(C)N(CC(N)=O)S(=O)(=O)c1ccc(C(=O)O)s1.